The van der Waals surface area contributed by atoms with Crippen LogP contribution in [0.4, 0.5) is 0 Å². The van der Waals surface area contributed by atoms with Gasteiger partial charge in [-0.05, 0) is 30.7 Å². The second-order valence-electron chi connectivity index (χ2n) is 4.17. The molecule has 18 heavy (non-hydrogen) atoms. The lowest BCUT2D eigenvalue weighted by Crippen LogP contribution is -1.88. The van der Waals surface area contributed by atoms with E-state index in [2.05, 4.69) is 22.9 Å². The van der Waals surface area contributed by atoms with Crippen LogP contribution in [-0.2, 0) is 6.42 Å². The van der Waals surface area contributed by atoms with Crippen LogP contribution in [0.25, 0.3) is 11.3 Å². The molecule has 3 nitrogen and oxygen atoms in total. The smallest absolute Gasteiger partial charge is 0.395 e. The van der Waals surface area contributed by atoms with Gasteiger partial charge in [-0.1, -0.05) is 35.7 Å². The van der Waals surface area contributed by atoms with Gasteiger partial charge in [0, 0.05) is 16.5 Å². The molecule has 96 valence electrons. The highest BCUT2D eigenvalue weighted by atomic mass is 79.9. The zero-order valence-corrected chi connectivity index (χ0v) is 11.8. The molecule has 0 aliphatic carbocycles. The highest BCUT2D eigenvalue weighted by Gasteiger charge is 2.14. The topological polar surface area (TPSA) is 43.4 Å². The Balaban J connectivity index is 2.26. The Bertz CT molecular complexity index is 551. The van der Waals surface area contributed by atoms with E-state index in [0.29, 0.717) is 11.5 Å². The number of aryl methyl sites for hydroxylation is 1. The van der Waals surface area contributed by atoms with Gasteiger partial charge in [-0.25, -0.2) is 4.79 Å². The van der Waals surface area contributed by atoms with Crippen molar-refractivity contribution in [2.45, 2.75) is 32.6 Å². The molecule has 0 aliphatic rings. The minimum atomic E-state index is -0.626. The molecule has 0 unspecified atom stereocenters. The molecule has 0 saturated carbocycles. The summed E-state index contributed by atoms with van der Waals surface area (Å²) in [5, 5.41) is 0. The van der Waals surface area contributed by atoms with E-state index in [1.54, 1.807) is 0 Å². The highest BCUT2D eigenvalue weighted by molar-refractivity contribution is 9.10. The minimum Gasteiger partial charge on any atom is -0.395 e. The van der Waals surface area contributed by atoms with Gasteiger partial charge in [0.15, 0.2) is 11.5 Å². The normalized spacial score (nSPS) is 10.8. The highest BCUT2D eigenvalue weighted by Crippen LogP contribution is 2.25. The van der Waals surface area contributed by atoms with Gasteiger partial charge in [0.05, 0.1) is 0 Å². The lowest BCUT2D eigenvalue weighted by molar-refractivity contribution is 0.374. The maximum absolute atomic E-state index is 11.2. The number of halogens is 1. The Labute approximate surface area is 114 Å². The zero-order chi connectivity index (χ0) is 13.0. The molecule has 2 aromatic rings. The van der Waals surface area contributed by atoms with Crippen molar-refractivity contribution < 1.29 is 8.83 Å². The van der Waals surface area contributed by atoms with Crippen LogP contribution >= 0.6 is 15.9 Å². The molecule has 4 heteroatoms. The van der Waals surface area contributed by atoms with E-state index in [9.17, 15) is 4.79 Å². The second kappa shape index (κ2) is 6.05. The van der Waals surface area contributed by atoms with E-state index < -0.39 is 5.82 Å². The van der Waals surface area contributed by atoms with Crippen molar-refractivity contribution >= 4 is 15.9 Å². The molecule has 1 aromatic heterocycles. The van der Waals surface area contributed by atoms with E-state index in [4.69, 9.17) is 8.83 Å². The monoisotopic (exact) mass is 310 g/mol. The number of hydrogen-bond donors (Lipinski definition) is 0. The second-order valence-corrected chi connectivity index (χ2v) is 5.09. The molecule has 0 bridgehead atoms. The molecule has 2 rings (SSSR count). The Morgan fingerprint density at radius 1 is 1.11 bits per heavy atom. The van der Waals surface area contributed by atoms with Crippen LogP contribution in [0.15, 0.2) is 42.4 Å². The van der Waals surface area contributed by atoms with Crippen LogP contribution in [0.3, 0.4) is 0 Å². The summed E-state index contributed by atoms with van der Waals surface area (Å²) in [5.41, 5.74) is 0.871. The Morgan fingerprint density at radius 2 is 1.83 bits per heavy atom. The molecule has 0 atom stereocenters. The predicted molar refractivity (Wildman–Crippen MR) is 73.6 cm³/mol. The van der Waals surface area contributed by atoms with Crippen molar-refractivity contribution in [1.29, 1.82) is 0 Å². The maximum Gasteiger partial charge on any atom is 0.519 e. The first-order chi connectivity index (χ1) is 8.70. The number of rotatable bonds is 5. The first kappa shape index (κ1) is 13.1. The molecule has 0 amide bonds. The van der Waals surface area contributed by atoms with Crippen LogP contribution in [0.1, 0.15) is 31.9 Å². The third-order valence-electron chi connectivity index (χ3n) is 2.76. The fourth-order valence-corrected chi connectivity index (χ4v) is 2.09. The van der Waals surface area contributed by atoms with Crippen LogP contribution < -0.4 is 5.82 Å². The van der Waals surface area contributed by atoms with Crippen molar-refractivity contribution in [1.82, 2.24) is 0 Å². The van der Waals surface area contributed by atoms with E-state index in [0.717, 1.165) is 35.7 Å². The van der Waals surface area contributed by atoms with Gasteiger partial charge < -0.3 is 8.83 Å². The van der Waals surface area contributed by atoms with Gasteiger partial charge in [0.25, 0.3) is 0 Å². The van der Waals surface area contributed by atoms with E-state index in [-0.39, 0.29) is 0 Å². The first-order valence-corrected chi connectivity index (χ1v) is 6.88. The average molecular weight is 311 g/mol. The Hall–Kier alpha value is -1.29. The van der Waals surface area contributed by atoms with Crippen LogP contribution in [0.5, 0.6) is 0 Å². The third kappa shape index (κ3) is 3.13. The lowest BCUT2D eigenvalue weighted by atomic mass is 10.1. The van der Waals surface area contributed by atoms with Crippen molar-refractivity contribution in [2.24, 2.45) is 0 Å². The summed E-state index contributed by atoms with van der Waals surface area (Å²) >= 11 is 3.38. The molecular weight excluding hydrogens is 296 g/mol. The van der Waals surface area contributed by atoms with Gasteiger partial charge in [-0.15, -0.1) is 0 Å². The predicted octanol–water partition coefficient (Wildman–Crippen LogP) is 4.40. The van der Waals surface area contributed by atoms with Crippen LogP contribution in [0, 0.1) is 0 Å². The van der Waals surface area contributed by atoms with Crippen molar-refractivity contribution in [3.05, 3.63) is 45.1 Å². The average Bonchev–Trinajstić information content (AvgIpc) is 2.72. The Morgan fingerprint density at radius 3 is 2.50 bits per heavy atom. The van der Waals surface area contributed by atoms with Crippen molar-refractivity contribution in [2.75, 3.05) is 0 Å². The van der Waals surface area contributed by atoms with E-state index >= 15 is 0 Å². The summed E-state index contributed by atoms with van der Waals surface area (Å²) in [6.45, 7) is 2.14. The lowest BCUT2D eigenvalue weighted by Gasteiger charge is -2.00. The summed E-state index contributed by atoms with van der Waals surface area (Å²) in [6.07, 6.45) is 4.00. The van der Waals surface area contributed by atoms with Gasteiger partial charge in [-0.3, -0.25) is 0 Å². The molecule has 0 spiro atoms. The Kier molecular flexibility index (Phi) is 4.42. The standard InChI is InChI=1S/C14H15BrO3/c1-2-3-4-5-12-13(18-14(16)17-12)10-6-8-11(15)9-7-10/h6-9H,2-5H2,1H3. The minimum absolute atomic E-state index is 0.559. The van der Waals surface area contributed by atoms with Crippen molar-refractivity contribution in [3.63, 3.8) is 0 Å². The summed E-state index contributed by atoms with van der Waals surface area (Å²) in [4.78, 5) is 11.2. The number of unbranched alkanes of at least 4 members (excludes halogenated alkanes) is 2. The molecule has 0 fully saturated rings. The van der Waals surface area contributed by atoms with Gasteiger partial charge in [-0.2, -0.15) is 0 Å². The SMILES string of the molecule is CCCCCc1oc(=O)oc1-c1ccc(Br)cc1. The summed E-state index contributed by atoms with van der Waals surface area (Å²) in [7, 11) is 0. The van der Waals surface area contributed by atoms with Gasteiger partial charge in [0.1, 0.15) is 0 Å². The van der Waals surface area contributed by atoms with Crippen LogP contribution in [-0.4, -0.2) is 0 Å². The molecule has 0 N–H and O–H groups in total. The summed E-state index contributed by atoms with van der Waals surface area (Å²) in [5.74, 6) is 0.582. The van der Waals surface area contributed by atoms with E-state index in [1.165, 1.54) is 0 Å². The molecule has 1 heterocycles. The molecule has 0 radical (unpaired) electrons. The molecular formula is C14H15BrO3. The molecule has 1 aromatic carbocycles. The van der Waals surface area contributed by atoms with Gasteiger partial charge in [0.2, 0.25) is 0 Å². The van der Waals surface area contributed by atoms with Crippen molar-refractivity contribution in [3.8, 4) is 11.3 Å². The molecule has 0 aliphatic heterocycles. The maximum atomic E-state index is 11.2. The number of hydrogen-bond acceptors (Lipinski definition) is 3. The van der Waals surface area contributed by atoms with E-state index in [1.807, 2.05) is 24.3 Å². The number of benzene rings is 1. The fourth-order valence-electron chi connectivity index (χ4n) is 1.83. The summed E-state index contributed by atoms with van der Waals surface area (Å²) in [6, 6.07) is 7.64. The quantitative estimate of drug-likeness (QED) is 0.769. The fraction of sp³-hybridized carbons (Fsp3) is 0.357. The third-order valence-corrected chi connectivity index (χ3v) is 3.29. The largest absolute Gasteiger partial charge is 0.519 e. The first-order valence-electron chi connectivity index (χ1n) is 6.09. The summed E-state index contributed by atoms with van der Waals surface area (Å²) < 4.78 is 11.2. The van der Waals surface area contributed by atoms with Gasteiger partial charge >= 0.3 is 5.82 Å². The van der Waals surface area contributed by atoms with Crippen LogP contribution in [0.2, 0.25) is 0 Å². The zero-order valence-electron chi connectivity index (χ0n) is 10.2. The molecule has 0 saturated heterocycles.